The molecule has 0 spiro atoms. The van der Waals surface area contributed by atoms with Crippen molar-refractivity contribution in [2.24, 2.45) is 11.8 Å². The number of ether oxygens (including phenoxy) is 1. The predicted octanol–water partition coefficient (Wildman–Crippen LogP) is 3.88. The zero-order chi connectivity index (χ0) is 18.7. The van der Waals surface area contributed by atoms with Crippen molar-refractivity contribution in [3.8, 4) is 0 Å². The minimum atomic E-state index is -0.406. The molecule has 138 valence electrons. The first-order valence-electron chi connectivity index (χ1n) is 9.29. The third-order valence-electron chi connectivity index (χ3n) is 5.24. The topological polar surface area (TPSA) is 63.7 Å². The molecule has 1 aliphatic heterocycles. The Morgan fingerprint density at radius 2 is 1.96 bits per heavy atom. The minimum Gasteiger partial charge on any atom is -0.462 e. The first kappa shape index (κ1) is 18.4. The highest BCUT2D eigenvalue weighted by molar-refractivity contribution is 6.21. The van der Waals surface area contributed by atoms with Gasteiger partial charge in [0.2, 0.25) is 11.8 Å². The van der Waals surface area contributed by atoms with Gasteiger partial charge in [-0.1, -0.05) is 11.6 Å². The lowest BCUT2D eigenvalue weighted by Crippen LogP contribution is -2.31. The Balaban J connectivity index is 1.68. The van der Waals surface area contributed by atoms with Crippen LogP contribution in [-0.4, -0.2) is 24.4 Å². The highest BCUT2D eigenvalue weighted by Gasteiger charge is 2.40. The highest BCUT2D eigenvalue weighted by Crippen LogP contribution is 2.35. The molecule has 2 unspecified atom stereocenters. The van der Waals surface area contributed by atoms with E-state index in [4.69, 9.17) is 4.74 Å². The Labute approximate surface area is 154 Å². The summed E-state index contributed by atoms with van der Waals surface area (Å²) < 4.78 is 4.95. The lowest BCUT2D eigenvalue weighted by atomic mass is 9.83. The van der Waals surface area contributed by atoms with Gasteiger partial charge in [-0.25, -0.2) is 4.79 Å². The van der Waals surface area contributed by atoms with Crippen LogP contribution in [0.5, 0.6) is 0 Å². The van der Waals surface area contributed by atoms with Gasteiger partial charge in [-0.05, 0) is 69.7 Å². The van der Waals surface area contributed by atoms with Crippen molar-refractivity contribution in [2.75, 3.05) is 11.5 Å². The number of carbonyl (C=O) groups is 3. The van der Waals surface area contributed by atoms with E-state index in [0.717, 1.165) is 25.7 Å². The fraction of sp³-hybridized carbons (Fsp3) is 0.476. The van der Waals surface area contributed by atoms with Gasteiger partial charge in [0.1, 0.15) is 0 Å². The molecule has 1 saturated heterocycles. The molecule has 3 rings (SSSR count). The van der Waals surface area contributed by atoms with Crippen molar-refractivity contribution < 1.29 is 19.1 Å². The van der Waals surface area contributed by atoms with Crippen molar-refractivity contribution in [1.82, 2.24) is 0 Å². The van der Waals surface area contributed by atoms with Crippen LogP contribution < -0.4 is 4.90 Å². The van der Waals surface area contributed by atoms with E-state index in [0.29, 0.717) is 23.8 Å². The van der Waals surface area contributed by atoms with E-state index in [1.54, 1.807) is 31.2 Å². The van der Waals surface area contributed by atoms with Crippen LogP contribution in [-0.2, 0) is 14.3 Å². The van der Waals surface area contributed by atoms with Crippen LogP contribution in [0.3, 0.4) is 0 Å². The molecule has 5 heteroatoms. The molecule has 1 aromatic rings. The summed E-state index contributed by atoms with van der Waals surface area (Å²) in [6, 6.07) is 6.46. The number of esters is 1. The van der Waals surface area contributed by atoms with Gasteiger partial charge in [0.25, 0.3) is 0 Å². The first-order valence-corrected chi connectivity index (χ1v) is 9.29. The van der Waals surface area contributed by atoms with E-state index in [-0.39, 0.29) is 24.2 Å². The SMILES string of the molecule is CCOC(=O)c1ccc(N2C(=O)CC(CC3CC=C(C)CC3)C2=O)cc1. The molecule has 0 aromatic heterocycles. The summed E-state index contributed by atoms with van der Waals surface area (Å²) in [6.07, 6.45) is 6.47. The smallest absolute Gasteiger partial charge is 0.338 e. The summed E-state index contributed by atoms with van der Waals surface area (Å²) in [6.45, 7) is 4.20. The van der Waals surface area contributed by atoms with Crippen molar-refractivity contribution in [1.29, 1.82) is 0 Å². The van der Waals surface area contributed by atoms with Crippen LogP contribution in [0.25, 0.3) is 0 Å². The fourth-order valence-corrected chi connectivity index (χ4v) is 3.75. The zero-order valence-electron chi connectivity index (χ0n) is 15.4. The maximum absolute atomic E-state index is 12.8. The van der Waals surface area contributed by atoms with E-state index in [1.165, 1.54) is 10.5 Å². The number of imide groups is 1. The Morgan fingerprint density at radius 1 is 1.23 bits per heavy atom. The highest BCUT2D eigenvalue weighted by atomic mass is 16.5. The van der Waals surface area contributed by atoms with Gasteiger partial charge in [0, 0.05) is 12.3 Å². The summed E-state index contributed by atoms with van der Waals surface area (Å²) in [5, 5.41) is 0. The molecule has 2 amide bonds. The zero-order valence-corrected chi connectivity index (χ0v) is 15.4. The van der Waals surface area contributed by atoms with Gasteiger partial charge >= 0.3 is 5.97 Å². The second-order valence-electron chi connectivity index (χ2n) is 7.16. The van der Waals surface area contributed by atoms with Gasteiger partial charge in [-0.3, -0.25) is 14.5 Å². The average Bonchev–Trinajstić information content (AvgIpc) is 2.91. The van der Waals surface area contributed by atoms with Crippen LogP contribution >= 0.6 is 0 Å². The van der Waals surface area contributed by atoms with Crippen LogP contribution in [0, 0.1) is 11.8 Å². The van der Waals surface area contributed by atoms with Crippen molar-refractivity contribution >= 4 is 23.5 Å². The third-order valence-corrected chi connectivity index (χ3v) is 5.24. The monoisotopic (exact) mass is 355 g/mol. The number of rotatable bonds is 5. The number of nitrogens with zero attached hydrogens (tertiary/aromatic N) is 1. The Kier molecular flexibility index (Phi) is 5.55. The van der Waals surface area contributed by atoms with E-state index in [9.17, 15) is 14.4 Å². The van der Waals surface area contributed by atoms with E-state index >= 15 is 0 Å². The van der Waals surface area contributed by atoms with Gasteiger partial charge in [-0.2, -0.15) is 0 Å². The normalized spacial score (nSPS) is 23.2. The molecule has 0 saturated carbocycles. The molecule has 0 N–H and O–H groups in total. The van der Waals surface area contributed by atoms with Crippen molar-refractivity contribution in [3.05, 3.63) is 41.5 Å². The summed E-state index contributed by atoms with van der Waals surface area (Å²) >= 11 is 0. The molecule has 0 radical (unpaired) electrons. The largest absolute Gasteiger partial charge is 0.462 e. The summed E-state index contributed by atoms with van der Waals surface area (Å²) in [5.41, 5.74) is 2.35. The molecule has 1 fully saturated rings. The number of hydrogen-bond acceptors (Lipinski definition) is 4. The molecule has 2 aliphatic rings. The Bertz CT molecular complexity index is 735. The van der Waals surface area contributed by atoms with Crippen molar-refractivity contribution in [3.63, 3.8) is 0 Å². The molecule has 1 aromatic carbocycles. The standard InChI is InChI=1S/C21H25NO4/c1-3-26-21(25)16-8-10-18(11-9-16)22-19(23)13-17(20(22)24)12-15-6-4-14(2)5-7-15/h4,8-11,15,17H,3,5-7,12-13H2,1-2H3. The maximum atomic E-state index is 12.8. The number of anilines is 1. The van der Waals surface area contributed by atoms with Gasteiger partial charge in [0.15, 0.2) is 0 Å². The number of hydrogen-bond donors (Lipinski definition) is 0. The minimum absolute atomic E-state index is 0.120. The second kappa shape index (κ2) is 7.85. The van der Waals surface area contributed by atoms with E-state index in [2.05, 4.69) is 13.0 Å². The fourth-order valence-electron chi connectivity index (χ4n) is 3.75. The lowest BCUT2D eigenvalue weighted by Gasteiger charge is -2.22. The van der Waals surface area contributed by atoms with Crippen LogP contribution in [0.4, 0.5) is 5.69 Å². The summed E-state index contributed by atoms with van der Waals surface area (Å²) in [7, 11) is 0. The third kappa shape index (κ3) is 3.87. The molecule has 1 aliphatic carbocycles. The maximum Gasteiger partial charge on any atom is 0.338 e. The van der Waals surface area contributed by atoms with Crippen LogP contribution in [0.15, 0.2) is 35.9 Å². The Morgan fingerprint density at radius 3 is 2.58 bits per heavy atom. The molecular weight excluding hydrogens is 330 g/mol. The summed E-state index contributed by atoms with van der Waals surface area (Å²) in [4.78, 5) is 38.2. The number of allylic oxidation sites excluding steroid dienone is 2. The van der Waals surface area contributed by atoms with E-state index < -0.39 is 5.97 Å². The lowest BCUT2D eigenvalue weighted by molar-refractivity contribution is -0.122. The quantitative estimate of drug-likeness (QED) is 0.457. The second-order valence-corrected chi connectivity index (χ2v) is 7.16. The van der Waals surface area contributed by atoms with Gasteiger partial charge in [-0.15, -0.1) is 0 Å². The van der Waals surface area contributed by atoms with Crippen LogP contribution in [0.1, 0.15) is 56.3 Å². The molecule has 1 heterocycles. The molecule has 5 nitrogen and oxygen atoms in total. The van der Waals surface area contributed by atoms with Crippen LogP contribution in [0.2, 0.25) is 0 Å². The summed E-state index contributed by atoms with van der Waals surface area (Å²) in [5.74, 6) is -0.441. The van der Waals surface area contributed by atoms with Crippen molar-refractivity contribution in [2.45, 2.75) is 46.0 Å². The molecule has 2 atom stereocenters. The Hall–Kier alpha value is -2.43. The van der Waals surface area contributed by atoms with E-state index in [1.807, 2.05) is 0 Å². The molecule has 0 bridgehead atoms. The number of carbonyl (C=O) groups excluding carboxylic acids is 3. The van der Waals surface area contributed by atoms with Gasteiger partial charge in [0.05, 0.1) is 17.9 Å². The first-order chi connectivity index (χ1) is 12.5. The molecule has 26 heavy (non-hydrogen) atoms. The number of amides is 2. The van der Waals surface area contributed by atoms with Gasteiger partial charge < -0.3 is 4.74 Å². The average molecular weight is 355 g/mol. The number of benzene rings is 1. The predicted molar refractivity (Wildman–Crippen MR) is 98.7 cm³/mol. The molecular formula is C21H25NO4.